The Hall–Kier alpha value is -3.43. The van der Waals surface area contributed by atoms with Gasteiger partial charge in [0.15, 0.2) is 0 Å². The molecule has 4 rings (SSSR count). The van der Waals surface area contributed by atoms with Gasteiger partial charge in [0.1, 0.15) is 11.5 Å². The molecular formula is C35H50N4O5. The number of esters is 1. The molecule has 2 amide bonds. The maximum Gasteiger partial charge on any atom is 0.415 e. The van der Waals surface area contributed by atoms with Crippen molar-refractivity contribution < 1.29 is 23.9 Å². The molecule has 0 N–H and O–H groups in total. The van der Waals surface area contributed by atoms with Gasteiger partial charge < -0.3 is 24.2 Å². The van der Waals surface area contributed by atoms with Gasteiger partial charge in [-0.05, 0) is 68.0 Å². The first-order valence-electron chi connectivity index (χ1n) is 16.2. The smallest absolute Gasteiger partial charge is 0.415 e. The van der Waals surface area contributed by atoms with Gasteiger partial charge in [-0.3, -0.25) is 14.5 Å². The van der Waals surface area contributed by atoms with Crippen LogP contribution in [0.1, 0.15) is 92.9 Å². The molecule has 2 aliphatic heterocycles. The summed E-state index contributed by atoms with van der Waals surface area (Å²) in [6.07, 6.45) is 0.787. The molecule has 0 aliphatic carbocycles. The van der Waals surface area contributed by atoms with Gasteiger partial charge in [-0.15, -0.1) is 0 Å². The van der Waals surface area contributed by atoms with Crippen LogP contribution in [0.2, 0.25) is 0 Å². The van der Waals surface area contributed by atoms with Gasteiger partial charge in [0.2, 0.25) is 0 Å². The Morgan fingerprint density at radius 1 is 0.841 bits per heavy atom. The lowest BCUT2D eigenvalue weighted by Crippen LogP contribution is -2.43. The topological polar surface area (TPSA) is 82.6 Å². The van der Waals surface area contributed by atoms with E-state index in [0.717, 1.165) is 49.4 Å². The van der Waals surface area contributed by atoms with Crippen molar-refractivity contribution in [1.82, 2.24) is 19.6 Å². The average molecular weight is 607 g/mol. The lowest BCUT2D eigenvalue weighted by molar-refractivity contribution is -0.139. The first-order valence-corrected chi connectivity index (χ1v) is 16.2. The second-order valence-electron chi connectivity index (χ2n) is 12.4. The third-order valence-electron chi connectivity index (χ3n) is 9.00. The van der Waals surface area contributed by atoms with E-state index in [0.29, 0.717) is 50.3 Å². The molecule has 2 aromatic carbocycles. The first kappa shape index (κ1) is 33.5. The van der Waals surface area contributed by atoms with Crippen molar-refractivity contribution in [1.29, 1.82) is 0 Å². The van der Waals surface area contributed by atoms with Gasteiger partial charge >= 0.3 is 12.1 Å². The molecule has 0 atom stereocenters. The summed E-state index contributed by atoms with van der Waals surface area (Å²) >= 11 is 0. The lowest BCUT2D eigenvalue weighted by Gasteiger charge is -2.32. The van der Waals surface area contributed by atoms with Crippen LogP contribution in [0, 0.1) is 5.92 Å². The molecular weight excluding hydrogens is 556 g/mol. The van der Waals surface area contributed by atoms with Crippen molar-refractivity contribution >= 4 is 18.0 Å². The number of carbonyl (C=O) groups excluding carboxylic acids is 3. The molecule has 9 nitrogen and oxygen atoms in total. The van der Waals surface area contributed by atoms with E-state index in [1.165, 1.54) is 5.56 Å². The fourth-order valence-electron chi connectivity index (χ4n) is 5.95. The van der Waals surface area contributed by atoms with Crippen LogP contribution in [0.4, 0.5) is 4.79 Å². The van der Waals surface area contributed by atoms with Crippen molar-refractivity contribution in [2.75, 3.05) is 46.3 Å². The van der Waals surface area contributed by atoms with Gasteiger partial charge in [-0.25, -0.2) is 4.79 Å². The van der Waals surface area contributed by atoms with Crippen LogP contribution in [0.15, 0.2) is 30.3 Å². The summed E-state index contributed by atoms with van der Waals surface area (Å²) in [6.45, 7) is 18.7. The Balaban J connectivity index is 1.63. The van der Waals surface area contributed by atoms with E-state index in [-0.39, 0.29) is 29.5 Å². The second-order valence-corrected chi connectivity index (χ2v) is 12.4. The summed E-state index contributed by atoms with van der Waals surface area (Å²) in [4.78, 5) is 48.4. The van der Waals surface area contributed by atoms with Crippen LogP contribution in [0.25, 0.3) is 0 Å². The van der Waals surface area contributed by atoms with E-state index in [1.54, 1.807) is 21.9 Å². The molecule has 1 saturated heterocycles. The molecule has 2 aromatic rings. The lowest BCUT2D eigenvalue weighted by atomic mass is 9.97. The third kappa shape index (κ3) is 7.80. The normalized spacial score (nSPS) is 15.5. The number of amides is 2. The Morgan fingerprint density at radius 2 is 1.50 bits per heavy atom. The molecule has 0 saturated carbocycles. The highest BCUT2D eigenvalue weighted by atomic mass is 16.6. The van der Waals surface area contributed by atoms with Gasteiger partial charge in [-0.1, -0.05) is 45.9 Å². The van der Waals surface area contributed by atoms with E-state index in [4.69, 9.17) is 9.47 Å². The first-order chi connectivity index (χ1) is 21.1. The molecule has 0 bridgehead atoms. The molecule has 2 aliphatic rings. The number of carbonyl (C=O) groups is 3. The van der Waals surface area contributed by atoms with E-state index < -0.39 is 6.09 Å². The highest BCUT2D eigenvalue weighted by Crippen LogP contribution is 2.37. The molecule has 0 unspecified atom stereocenters. The van der Waals surface area contributed by atoms with Gasteiger partial charge in [0.25, 0.3) is 5.91 Å². The monoisotopic (exact) mass is 606 g/mol. The summed E-state index contributed by atoms with van der Waals surface area (Å²) in [6, 6.07) is 9.83. The maximum atomic E-state index is 14.2. The molecule has 9 heteroatoms. The Labute approximate surface area is 263 Å². The van der Waals surface area contributed by atoms with Crippen molar-refractivity contribution in [2.24, 2.45) is 5.92 Å². The number of rotatable bonds is 11. The number of piperazine rings is 1. The van der Waals surface area contributed by atoms with Gasteiger partial charge in [0.05, 0.1) is 11.5 Å². The van der Waals surface area contributed by atoms with Crippen molar-refractivity contribution in [2.45, 2.75) is 79.9 Å². The molecule has 240 valence electrons. The summed E-state index contributed by atoms with van der Waals surface area (Å²) in [7, 11) is 2.16. The number of likely N-dealkylation sites (N-methyl/N-ethyl adjacent to an activating group) is 1. The number of hydrogen-bond donors (Lipinski definition) is 0. The SMILES string of the molecule is CCC(CC)C(=O)Oc1cc(OC(=O)N(CC)CC)c(C(=O)N2Cc3ccc(CN4CCN(C)CC4)cc3C2)cc1C(C)C. The van der Waals surface area contributed by atoms with E-state index in [1.807, 2.05) is 41.5 Å². The minimum absolute atomic E-state index is 0.0357. The van der Waals surface area contributed by atoms with Crippen LogP contribution in [0.3, 0.4) is 0 Å². The summed E-state index contributed by atoms with van der Waals surface area (Å²) in [5.41, 5.74) is 4.54. The minimum Gasteiger partial charge on any atom is -0.426 e. The fraction of sp³-hybridized carbons (Fsp3) is 0.571. The number of ether oxygens (including phenoxy) is 2. The molecule has 0 radical (unpaired) electrons. The number of nitrogens with zero attached hydrogens (tertiary/aromatic N) is 4. The largest absolute Gasteiger partial charge is 0.426 e. The maximum absolute atomic E-state index is 14.2. The molecule has 2 heterocycles. The van der Waals surface area contributed by atoms with Crippen molar-refractivity contribution in [3.63, 3.8) is 0 Å². The van der Waals surface area contributed by atoms with Crippen LogP contribution in [-0.2, 0) is 24.4 Å². The predicted molar refractivity (Wildman–Crippen MR) is 172 cm³/mol. The van der Waals surface area contributed by atoms with Gasteiger partial charge in [-0.2, -0.15) is 0 Å². The highest BCUT2D eigenvalue weighted by molar-refractivity contribution is 5.98. The van der Waals surface area contributed by atoms with Gasteiger partial charge in [0, 0.05) is 65.0 Å². The van der Waals surface area contributed by atoms with Crippen LogP contribution in [-0.4, -0.2) is 83.9 Å². The fourth-order valence-corrected chi connectivity index (χ4v) is 5.95. The summed E-state index contributed by atoms with van der Waals surface area (Å²) < 4.78 is 11.8. The molecule has 1 fully saturated rings. The Kier molecular flexibility index (Phi) is 11.4. The van der Waals surface area contributed by atoms with Crippen LogP contribution in [0.5, 0.6) is 11.5 Å². The second kappa shape index (κ2) is 15.0. The zero-order valence-corrected chi connectivity index (χ0v) is 27.6. The van der Waals surface area contributed by atoms with E-state index in [9.17, 15) is 14.4 Å². The molecule has 0 spiro atoms. The molecule has 44 heavy (non-hydrogen) atoms. The zero-order valence-electron chi connectivity index (χ0n) is 27.6. The third-order valence-corrected chi connectivity index (χ3v) is 9.00. The van der Waals surface area contributed by atoms with Crippen molar-refractivity contribution in [3.8, 4) is 11.5 Å². The standard InChI is InChI=1S/C35H50N4O5/c1-8-26(9-2)34(41)43-31-20-32(44-35(42)38(10-3)11-4)30(19-29(31)24(5)6)33(40)39-22-27-13-12-25(18-28(27)23-39)21-37-16-14-36(7)15-17-37/h12-13,18-20,24,26H,8-11,14-17,21-23H2,1-7H3. The minimum atomic E-state index is -0.545. The van der Waals surface area contributed by atoms with Crippen molar-refractivity contribution in [3.05, 3.63) is 58.1 Å². The Bertz CT molecular complexity index is 1330. The number of benzene rings is 2. The van der Waals surface area contributed by atoms with Crippen LogP contribution < -0.4 is 9.47 Å². The van der Waals surface area contributed by atoms with E-state index in [2.05, 4.69) is 35.0 Å². The van der Waals surface area contributed by atoms with E-state index >= 15 is 0 Å². The molecule has 0 aromatic heterocycles. The predicted octanol–water partition coefficient (Wildman–Crippen LogP) is 5.90. The summed E-state index contributed by atoms with van der Waals surface area (Å²) in [5.74, 6) is -0.374. The van der Waals surface area contributed by atoms with Crippen LogP contribution >= 0.6 is 0 Å². The highest BCUT2D eigenvalue weighted by Gasteiger charge is 2.30. The average Bonchev–Trinajstić information content (AvgIpc) is 3.43. The Morgan fingerprint density at radius 3 is 2.11 bits per heavy atom. The zero-order chi connectivity index (χ0) is 32.0. The quantitative estimate of drug-likeness (QED) is 0.233. The number of hydrogen-bond acceptors (Lipinski definition) is 7. The number of fused-ring (bicyclic) bond motifs is 1. The summed E-state index contributed by atoms with van der Waals surface area (Å²) in [5, 5.41) is 0.